The van der Waals surface area contributed by atoms with Gasteiger partial charge in [-0.25, -0.2) is 10.2 Å². The van der Waals surface area contributed by atoms with Crippen molar-refractivity contribution in [2.45, 2.75) is 25.3 Å². The number of hydrogen-bond donors (Lipinski definition) is 2. The minimum atomic E-state index is -0.969. The number of carbonyl (C=O) groups is 1. The first kappa shape index (κ1) is 18.5. The Morgan fingerprint density at radius 2 is 2.17 bits per heavy atom. The topological polar surface area (TPSA) is 78.3 Å². The lowest BCUT2D eigenvalue weighted by atomic mass is 9.84. The Bertz CT molecular complexity index is 1220. The van der Waals surface area contributed by atoms with Crippen LogP contribution >= 0.6 is 0 Å². The molecule has 2 aromatic heterocycles. The number of carboxylic acids is 1. The van der Waals surface area contributed by atoms with Gasteiger partial charge in [0.1, 0.15) is 5.54 Å². The number of hydrazine groups is 1. The van der Waals surface area contributed by atoms with Crippen LogP contribution in [-0.2, 0) is 10.3 Å². The fourth-order valence-corrected chi connectivity index (χ4v) is 4.42. The maximum absolute atomic E-state index is 10.9. The second-order valence-electron chi connectivity index (χ2n) is 7.78. The van der Waals surface area contributed by atoms with Crippen LogP contribution in [0.15, 0.2) is 66.5 Å². The number of hydrogen-bond acceptors (Lipinski definition) is 5. The fourth-order valence-electron chi connectivity index (χ4n) is 4.42. The van der Waals surface area contributed by atoms with Crippen molar-refractivity contribution in [2.24, 2.45) is 0 Å². The molecule has 0 aliphatic carbocycles. The van der Waals surface area contributed by atoms with Crippen molar-refractivity contribution in [3.63, 3.8) is 0 Å². The van der Waals surface area contributed by atoms with Gasteiger partial charge in [-0.1, -0.05) is 18.2 Å². The number of fused-ring (bicyclic) bond motifs is 2. The Hall–Kier alpha value is -3.51. The summed E-state index contributed by atoms with van der Waals surface area (Å²) in [4.78, 5) is 20.3. The predicted molar refractivity (Wildman–Crippen MR) is 115 cm³/mol. The standard InChI is InChI=1S/C24H22N4O2/c1-16-4-2-6-22(26-16)24(15-18-5-3-13-28(18)27-24)20-11-12-25-21-14-17(7-9-19(20)21)8-10-23(29)30/h2,4,6-12,14-15,27H,3,5,13H2,1H3,(H,29,30)/b10-8+. The third kappa shape index (κ3) is 3.06. The van der Waals surface area contributed by atoms with Crippen LogP contribution in [-0.4, -0.2) is 32.6 Å². The van der Waals surface area contributed by atoms with Crippen LogP contribution < -0.4 is 5.43 Å². The van der Waals surface area contributed by atoms with Crippen molar-refractivity contribution in [2.75, 3.05) is 6.54 Å². The van der Waals surface area contributed by atoms with E-state index < -0.39 is 11.5 Å². The van der Waals surface area contributed by atoms with E-state index >= 15 is 0 Å². The third-order valence-electron chi connectivity index (χ3n) is 5.76. The van der Waals surface area contributed by atoms with Crippen LogP contribution in [0.25, 0.3) is 17.0 Å². The normalized spacial score (nSPS) is 20.7. The van der Waals surface area contributed by atoms with Crippen molar-refractivity contribution >= 4 is 22.9 Å². The number of benzene rings is 1. The summed E-state index contributed by atoms with van der Waals surface area (Å²) in [6.07, 6.45) is 9.03. The number of pyridine rings is 2. The number of allylic oxidation sites excluding steroid dienone is 1. The summed E-state index contributed by atoms with van der Waals surface area (Å²) < 4.78 is 0. The molecule has 5 rings (SSSR count). The first-order valence-corrected chi connectivity index (χ1v) is 10.1. The Kier molecular flexibility index (Phi) is 4.37. The molecule has 0 saturated carbocycles. The average Bonchev–Trinajstić information content (AvgIpc) is 3.32. The number of aryl methyl sites for hydroxylation is 1. The first-order chi connectivity index (χ1) is 14.5. The highest BCUT2D eigenvalue weighted by Crippen LogP contribution is 2.42. The second-order valence-corrected chi connectivity index (χ2v) is 7.78. The van der Waals surface area contributed by atoms with Gasteiger partial charge in [-0.05, 0) is 67.3 Å². The van der Waals surface area contributed by atoms with Crippen molar-refractivity contribution < 1.29 is 9.90 Å². The number of carboxylic acid groups (broad SMARTS) is 1. The molecule has 0 spiro atoms. The van der Waals surface area contributed by atoms with Crippen molar-refractivity contribution in [3.05, 3.63) is 89.0 Å². The minimum Gasteiger partial charge on any atom is -0.478 e. The summed E-state index contributed by atoms with van der Waals surface area (Å²) in [5.41, 5.74) is 9.09. The minimum absolute atomic E-state index is 0.568. The SMILES string of the molecule is Cc1cccc(C2(c3ccnc4cc(/C=C/C(=O)O)ccc34)C=C3CCCN3N2)n1. The molecule has 1 atom stereocenters. The summed E-state index contributed by atoms with van der Waals surface area (Å²) in [6.45, 7) is 2.98. The molecule has 0 radical (unpaired) electrons. The molecule has 1 aromatic carbocycles. The quantitative estimate of drug-likeness (QED) is 0.652. The zero-order chi connectivity index (χ0) is 20.7. The molecule has 6 nitrogen and oxygen atoms in total. The number of nitrogens with zero attached hydrogens (tertiary/aromatic N) is 3. The molecule has 2 N–H and O–H groups in total. The van der Waals surface area contributed by atoms with Crippen molar-refractivity contribution in [3.8, 4) is 0 Å². The molecule has 150 valence electrons. The van der Waals surface area contributed by atoms with Gasteiger partial charge in [-0.3, -0.25) is 9.97 Å². The average molecular weight is 398 g/mol. The lowest BCUT2D eigenvalue weighted by Gasteiger charge is -2.32. The van der Waals surface area contributed by atoms with Crippen LogP contribution in [0, 0.1) is 6.92 Å². The molecule has 3 aromatic rings. The molecule has 2 aliphatic rings. The van der Waals surface area contributed by atoms with E-state index in [1.807, 2.05) is 49.5 Å². The molecular formula is C24H22N4O2. The number of aliphatic carboxylic acids is 1. The third-order valence-corrected chi connectivity index (χ3v) is 5.76. The van der Waals surface area contributed by atoms with E-state index in [0.717, 1.165) is 58.9 Å². The van der Waals surface area contributed by atoms with Crippen LogP contribution in [0.3, 0.4) is 0 Å². The van der Waals surface area contributed by atoms with Gasteiger partial charge in [-0.2, -0.15) is 0 Å². The molecule has 1 unspecified atom stereocenters. The molecule has 30 heavy (non-hydrogen) atoms. The number of nitrogens with one attached hydrogen (secondary N) is 1. The lowest BCUT2D eigenvalue weighted by Crippen LogP contribution is -2.45. The molecular weight excluding hydrogens is 376 g/mol. The monoisotopic (exact) mass is 398 g/mol. The highest BCUT2D eigenvalue weighted by molar-refractivity contribution is 5.89. The van der Waals surface area contributed by atoms with E-state index in [1.165, 1.54) is 5.70 Å². The van der Waals surface area contributed by atoms with E-state index in [4.69, 9.17) is 10.1 Å². The number of rotatable bonds is 4. The molecule has 1 saturated heterocycles. The highest BCUT2D eigenvalue weighted by Gasteiger charge is 2.43. The molecule has 0 amide bonds. The number of aromatic nitrogens is 2. The zero-order valence-corrected chi connectivity index (χ0v) is 16.7. The van der Waals surface area contributed by atoms with Gasteiger partial charge < -0.3 is 10.1 Å². The van der Waals surface area contributed by atoms with Crippen molar-refractivity contribution in [1.82, 2.24) is 20.4 Å². The summed E-state index contributed by atoms with van der Waals surface area (Å²) in [7, 11) is 0. The van der Waals surface area contributed by atoms with Crippen LogP contribution in [0.4, 0.5) is 0 Å². The van der Waals surface area contributed by atoms with Gasteiger partial charge in [0.05, 0.1) is 11.2 Å². The van der Waals surface area contributed by atoms with Gasteiger partial charge in [-0.15, -0.1) is 0 Å². The van der Waals surface area contributed by atoms with Gasteiger partial charge in [0, 0.05) is 35.6 Å². The summed E-state index contributed by atoms with van der Waals surface area (Å²) in [6, 6.07) is 14.0. The van der Waals surface area contributed by atoms with Gasteiger partial charge in [0.25, 0.3) is 0 Å². The molecule has 2 aliphatic heterocycles. The van der Waals surface area contributed by atoms with Crippen LogP contribution in [0.2, 0.25) is 0 Å². The molecule has 0 bridgehead atoms. The molecule has 4 heterocycles. The molecule has 1 fully saturated rings. The Labute approximate surface area is 174 Å². The summed E-state index contributed by atoms with van der Waals surface area (Å²) in [5.74, 6) is -0.969. The first-order valence-electron chi connectivity index (χ1n) is 10.1. The molecule has 6 heteroatoms. The maximum atomic E-state index is 10.9. The van der Waals surface area contributed by atoms with E-state index in [2.05, 4.69) is 27.6 Å². The van der Waals surface area contributed by atoms with Crippen LogP contribution in [0.1, 0.15) is 35.4 Å². The Morgan fingerprint density at radius 1 is 1.27 bits per heavy atom. The second kappa shape index (κ2) is 7.07. The van der Waals surface area contributed by atoms with Crippen LogP contribution in [0.5, 0.6) is 0 Å². The van der Waals surface area contributed by atoms with E-state index in [-0.39, 0.29) is 0 Å². The Balaban J connectivity index is 1.70. The summed E-state index contributed by atoms with van der Waals surface area (Å²) >= 11 is 0. The maximum Gasteiger partial charge on any atom is 0.328 e. The van der Waals surface area contributed by atoms with E-state index in [1.54, 1.807) is 6.08 Å². The fraction of sp³-hybridized carbons (Fsp3) is 0.208. The highest BCUT2D eigenvalue weighted by atomic mass is 16.4. The van der Waals surface area contributed by atoms with Gasteiger partial charge in [0.15, 0.2) is 0 Å². The largest absolute Gasteiger partial charge is 0.478 e. The van der Waals surface area contributed by atoms with Gasteiger partial charge >= 0.3 is 5.97 Å². The van der Waals surface area contributed by atoms with Crippen molar-refractivity contribution in [1.29, 1.82) is 0 Å². The smallest absolute Gasteiger partial charge is 0.328 e. The van der Waals surface area contributed by atoms with E-state index in [9.17, 15) is 4.79 Å². The Morgan fingerprint density at radius 3 is 2.97 bits per heavy atom. The zero-order valence-electron chi connectivity index (χ0n) is 16.7. The predicted octanol–water partition coefficient (Wildman–Crippen LogP) is 3.78. The van der Waals surface area contributed by atoms with Gasteiger partial charge in [0.2, 0.25) is 0 Å². The summed E-state index contributed by atoms with van der Waals surface area (Å²) in [5, 5.41) is 12.2. The van der Waals surface area contributed by atoms with E-state index in [0.29, 0.717) is 0 Å². The lowest BCUT2D eigenvalue weighted by molar-refractivity contribution is -0.131.